The lowest BCUT2D eigenvalue weighted by atomic mass is 10.0. The fourth-order valence-electron chi connectivity index (χ4n) is 3.48. The Morgan fingerprint density at radius 2 is 1.29 bits per heavy atom. The summed E-state index contributed by atoms with van der Waals surface area (Å²) in [5, 5.41) is 14.4. The molecule has 0 aliphatic heterocycles. The van der Waals surface area contributed by atoms with E-state index in [1.54, 1.807) is 47.6 Å². The molecule has 0 aliphatic rings. The summed E-state index contributed by atoms with van der Waals surface area (Å²) in [6.45, 7) is 12.0. The number of nitrogens with one attached hydrogen (secondary N) is 1. The first-order valence-electron chi connectivity index (χ1n) is 13.5. The van der Waals surface area contributed by atoms with Crippen LogP contribution in [0.3, 0.4) is 0 Å². The fraction of sp³-hybridized carbons (Fsp3) is 0.857. The average Bonchev–Trinajstić information content (AvgIpc) is 2.72. The SMILES string of the molecule is CCCCCCCCCCCCC/C=C\C(OC(=O)OC(C)(C)C)C(C[O-])NC(=O)OC(C)(C)C. The molecule has 0 spiro atoms. The first-order valence-corrected chi connectivity index (χ1v) is 13.5. The van der Waals surface area contributed by atoms with Crippen LogP contribution >= 0.6 is 0 Å². The van der Waals surface area contributed by atoms with Crippen molar-refractivity contribution < 1.29 is 28.9 Å². The van der Waals surface area contributed by atoms with Crippen LogP contribution in [0.25, 0.3) is 0 Å². The zero-order valence-electron chi connectivity index (χ0n) is 23.5. The van der Waals surface area contributed by atoms with Gasteiger partial charge in [-0.2, -0.15) is 0 Å². The summed E-state index contributed by atoms with van der Waals surface area (Å²) in [6, 6.07) is -0.967. The number of ether oxygens (including phenoxy) is 3. The normalized spacial score (nSPS) is 13.9. The lowest BCUT2D eigenvalue weighted by Crippen LogP contribution is -2.51. The number of allylic oxidation sites excluding steroid dienone is 1. The number of hydrogen-bond donors (Lipinski definition) is 1. The Balaban J connectivity index is 4.60. The summed E-state index contributed by atoms with van der Waals surface area (Å²) in [6.07, 6.45) is 15.8. The molecule has 0 aromatic heterocycles. The van der Waals surface area contributed by atoms with Gasteiger partial charge >= 0.3 is 12.2 Å². The van der Waals surface area contributed by atoms with E-state index in [-0.39, 0.29) is 0 Å². The highest BCUT2D eigenvalue weighted by Gasteiger charge is 2.27. The van der Waals surface area contributed by atoms with E-state index in [2.05, 4.69) is 12.2 Å². The van der Waals surface area contributed by atoms with Gasteiger partial charge in [0.15, 0.2) is 0 Å². The number of hydrogen-bond acceptors (Lipinski definition) is 6. The predicted octanol–water partition coefficient (Wildman–Crippen LogP) is 6.82. The first kappa shape index (κ1) is 33.2. The molecule has 1 N–H and O–H groups in total. The minimum absolute atomic E-state index is 0.671. The van der Waals surface area contributed by atoms with Crippen LogP contribution in [0.2, 0.25) is 0 Å². The summed E-state index contributed by atoms with van der Waals surface area (Å²) in [5.74, 6) is 0. The van der Waals surface area contributed by atoms with Crippen LogP contribution < -0.4 is 10.4 Å². The minimum atomic E-state index is -0.967. The Labute approximate surface area is 214 Å². The van der Waals surface area contributed by atoms with Crippen LogP contribution in [0.5, 0.6) is 0 Å². The second kappa shape index (κ2) is 18.5. The van der Waals surface area contributed by atoms with Crippen molar-refractivity contribution in [2.75, 3.05) is 6.61 Å². The number of carbonyl (C=O) groups excluding carboxylic acids is 2. The highest BCUT2D eigenvalue weighted by atomic mass is 16.7. The second-order valence-corrected chi connectivity index (χ2v) is 11.2. The van der Waals surface area contributed by atoms with Crippen LogP contribution in [0, 0.1) is 0 Å². The largest absolute Gasteiger partial charge is 0.853 e. The lowest BCUT2D eigenvalue weighted by Gasteiger charge is -2.30. The van der Waals surface area contributed by atoms with Crippen molar-refractivity contribution in [2.24, 2.45) is 0 Å². The van der Waals surface area contributed by atoms with E-state index in [4.69, 9.17) is 14.2 Å². The molecule has 0 saturated carbocycles. The number of carbonyl (C=O) groups is 2. The van der Waals surface area contributed by atoms with Gasteiger partial charge in [-0.1, -0.05) is 77.2 Å². The highest BCUT2D eigenvalue weighted by Crippen LogP contribution is 2.15. The van der Waals surface area contributed by atoms with Gasteiger partial charge in [-0.3, -0.25) is 0 Å². The van der Waals surface area contributed by atoms with Crippen molar-refractivity contribution in [1.82, 2.24) is 5.32 Å². The fourth-order valence-corrected chi connectivity index (χ4v) is 3.48. The molecule has 35 heavy (non-hydrogen) atoms. The maximum Gasteiger partial charge on any atom is 0.509 e. The quantitative estimate of drug-likeness (QED) is 0.134. The van der Waals surface area contributed by atoms with Gasteiger partial charge in [-0.15, -0.1) is 6.61 Å². The van der Waals surface area contributed by atoms with Crippen LogP contribution in [-0.2, 0) is 14.2 Å². The summed E-state index contributed by atoms with van der Waals surface area (Å²) in [7, 11) is 0. The Morgan fingerprint density at radius 1 is 0.800 bits per heavy atom. The molecule has 0 heterocycles. The van der Waals surface area contributed by atoms with Crippen molar-refractivity contribution >= 4 is 12.2 Å². The lowest BCUT2D eigenvalue weighted by molar-refractivity contribution is -0.375. The maximum absolute atomic E-state index is 12.2. The van der Waals surface area contributed by atoms with Gasteiger partial charge in [0.2, 0.25) is 0 Å². The van der Waals surface area contributed by atoms with Crippen molar-refractivity contribution in [3.05, 3.63) is 12.2 Å². The van der Waals surface area contributed by atoms with Crippen molar-refractivity contribution in [1.29, 1.82) is 0 Å². The van der Waals surface area contributed by atoms with Gasteiger partial charge in [0.05, 0.1) is 6.04 Å². The van der Waals surface area contributed by atoms with Crippen LogP contribution in [0.1, 0.15) is 126 Å². The van der Waals surface area contributed by atoms with Crippen LogP contribution in [-0.4, -0.2) is 42.2 Å². The van der Waals surface area contributed by atoms with Gasteiger partial charge in [-0.25, -0.2) is 9.59 Å². The highest BCUT2D eigenvalue weighted by molar-refractivity contribution is 5.68. The van der Waals surface area contributed by atoms with Gasteiger partial charge in [0.25, 0.3) is 0 Å². The van der Waals surface area contributed by atoms with Crippen LogP contribution in [0.15, 0.2) is 12.2 Å². The topological polar surface area (TPSA) is 96.9 Å². The molecule has 206 valence electrons. The van der Waals surface area contributed by atoms with Gasteiger partial charge in [-0.05, 0) is 60.5 Å². The van der Waals surface area contributed by atoms with E-state index >= 15 is 0 Å². The van der Waals surface area contributed by atoms with Crippen molar-refractivity contribution in [2.45, 2.75) is 149 Å². The van der Waals surface area contributed by atoms with E-state index < -0.39 is 42.2 Å². The third-order valence-corrected chi connectivity index (χ3v) is 5.20. The molecule has 2 atom stereocenters. The summed E-state index contributed by atoms with van der Waals surface area (Å²) in [5.41, 5.74) is -1.43. The molecule has 2 unspecified atom stereocenters. The van der Waals surface area contributed by atoms with E-state index in [0.717, 1.165) is 19.3 Å². The molecular weight excluding hydrogens is 446 g/mol. The number of unbranched alkanes of at least 4 members (excludes halogenated alkanes) is 11. The monoisotopic (exact) mass is 498 g/mol. The molecule has 7 nitrogen and oxygen atoms in total. The predicted molar refractivity (Wildman–Crippen MR) is 139 cm³/mol. The molecule has 0 radical (unpaired) electrons. The Kier molecular flexibility index (Phi) is 17.6. The second-order valence-electron chi connectivity index (χ2n) is 11.2. The zero-order chi connectivity index (χ0) is 26.7. The maximum atomic E-state index is 12.2. The molecule has 1 amide bonds. The molecule has 0 saturated heterocycles. The molecule has 0 aliphatic carbocycles. The standard InChI is InChI=1S/C28H52NO6/c1-8-9-10-11-12-13-14-15-16-17-18-19-20-21-24(33-26(32)35-28(5,6)7)23(22-30)29-25(31)34-27(2,3)4/h20-21,23-24H,8-19,22H2,1-7H3,(H,29,31)/q-1/b21-20-. The molecule has 0 fully saturated rings. The third-order valence-electron chi connectivity index (χ3n) is 5.20. The Hall–Kier alpha value is -1.76. The third kappa shape index (κ3) is 21.3. The van der Waals surface area contributed by atoms with E-state index in [1.807, 2.05) is 6.08 Å². The molecule has 0 rings (SSSR count). The molecule has 0 aromatic carbocycles. The molecule has 0 aromatic rings. The van der Waals surface area contributed by atoms with E-state index in [1.165, 1.54) is 57.8 Å². The molecular formula is C28H52NO6-. The Morgan fingerprint density at radius 3 is 1.74 bits per heavy atom. The van der Waals surface area contributed by atoms with Gasteiger partial charge < -0.3 is 24.6 Å². The Bertz CT molecular complexity index is 591. The van der Waals surface area contributed by atoms with Crippen molar-refractivity contribution in [3.8, 4) is 0 Å². The number of amides is 1. The first-order chi connectivity index (χ1) is 16.4. The number of alkyl carbamates (subject to hydrolysis) is 1. The van der Waals surface area contributed by atoms with Crippen LogP contribution in [0.4, 0.5) is 9.59 Å². The van der Waals surface area contributed by atoms with Crippen molar-refractivity contribution in [3.63, 3.8) is 0 Å². The zero-order valence-corrected chi connectivity index (χ0v) is 23.5. The molecule has 0 bridgehead atoms. The van der Waals surface area contributed by atoms with Gasteiger partial charge in [0, 0.05) is 0 Å². The average molecular weight is 499 g/mol. The smallest absolute Gasteiger partial charge is 0.509 e. The summed E-state index contributed by atoms with van der Waals surface area (Å²) in [4.78, 5) is 24.4. The minimum Gasteiger partial charge on any atom is -0.853 e. The summed E-state index contributed by atoms with van der Waals surface area (Å²) < 4.78 is 15.9. The van der Waals surface area contributed by atoms with E-state index in [9.17, 15) is 14.7 Å². The van der Waals surface area contributed by atoms with E-state index in [0.29, 0.717) is 0 Å². The summed E-state index contributed by atoms with van der Waals surface area (Å²) >= 11 is 0. The number of rotatable bonds is 17. The molecule has 7 heteroatoms. The van der Waals surface area contributed by atoms with Gasteiger partial charge in [0.1, 0.15) is 17.3 Å².